The molecule has 3 aromatic rings. The van der Waals surface area contributed by atoms with Gasteiger partial charge < -0.3 is 19.1 Å². The molecule has 0 bridgehead atoms. The number of carboxylic acid groups (broad SMARTS) is 1. The minimum atomic E-state index is -0.925. The second kappa shape index (κ2) is 14.0. The van der Waals surface area contributed by atoms with Crippen molar-refractivity contribution in [1.82, 2.24) is 14.5 Å². The monoisotopic (exact) mass is 602 g/mol. The van der Waals surface area contributed by atoms with Gasteiger partial charge in [0.15, 0.2) is 0 Å². The predicted octanol–water partition coefficient (Wildman–Crippen LogP) is 6.74. The zero-order valence-corrected chi connectivity index (χ0v) is 25.2. The van der Waals surface area contributed by atoms with Crippen LogP contribution in [0.1, 0.15) is 59.7 Å². The summed E-state index contributed by atoms with van der Waals surface area (Å²) in [5.74, 6) is 0.234. The van der Waals surface area contributed by atoms with Crippen LogP contribution in [-0.4, -0.2) is 51.3 Å². The highest BCUT2D eigenvalue weighted by molar-refractivity contribution is 7.20. The maximum atomic E-state index is 14.1. The first-order chi connectivity index (χ1) is 20.8. The fourth-order valence-electron chi connectivity index (χ4n) is 5.13. The van der Waals surface area contributed by atoms with Gasteiger partial charge in [0.1, 0.15) is 28.0 Å². The molecule has 0 spiro atoms. The molecule has 10 heteroatoms. The normalized spacial score (nSPS) is 18.1. The van der Waals surface area contributed by atoms with E-state index < -0.39 is 11.8 Å². The van der Waals surface area contributed by atoms with E-state index in [0.29, 0.717) is 29.3 Å². The Labute approximate surface area is 254 Å². The van der Waals surface area contributed by atoms with E-state index in [9.17, 15) is 14.3 Å². The van der Waals surface area contributed by atoms with Gasteiger partial charge in [-0.1, -0.05) is 37.3 Å². The number of halogens is 1. The van der Waals surface area contributed by atoms with Crippen molar-refractivity contribution in [3.8, 4) is 6.07 Å². The smallest absolute Gasteiger partial charge is 0.346 e. The predicted molar refractivity (Wildman–Crippen MR) is 164 cm³/mol. The number of carbonyl (C=O) groups is 1. The number of rotatable bonds is 12. The second-order valence-corrected chi connectivity index (χ2v) is 11.7. The number of imidazole rings is 1. The second-order valence-electron chi connectivity index (χ2n) is 10.7. The molecule has 8 nitrogen and oxygen atoms in total. The molecule has 1 saturated heterocycles. The number of nitriles is 1. The Morgan fingerprint density at radius 3 is 2.86 bits per heavy atom. The minimum absolute atomic E-state index is 0.0942. The molecule has 5 rings (SSSR count). The average Bonchev–Trinajstić information content (AvgIpc) is 3.52. The molecule has 4 heterocycles. The summed E-state index contributed by atoms with van der Waals surface area (Å²) in [6.45, 7) is 7.86. The lowest BCUT2D eigenvalue weighted by molar-refractivity contribution is -0.0591. The molecule has 1 fully saturated rings. The fraction of sp³-hybridized carbons (Fsp3) is 0.364. The van der Waals surface area contributed by atoms with E-state index in [2.05, 4.69) is 34.6 Å². The Morgan fingerprint density at radius 1 is 1.37 bits per heavy atom. The van der Waals surface area contributed by atoms with Crippen molar-refractivity contribution in [2.24, 2.45) is 0 Å². The largest absolute Gasteiger partial charge is 0.493 e. The summed E-state index contributed by atoms with van der Waals surface area (Å²) in [5.41, 5.74) is 4.03. The average molecular weight is 603 g/mol. The summed E-state index contributed by atoms with van der Waals surface area (Å²) in [5, 5.41) is 18.3. The quantitative estimate of drug-likeness (QED) is 0.181. The summed E-state index contributed by atoms with van der Waals surface area (Å²) < 4.78 is 27.7. The first-order valence-electron chi connectivity index (χ1n) is 14.5. The van der Waals surface area contributed by atoms with Crippen LogP contribution < -0.4 is 0 Å². The molecule has 0 aliphatic carbocycles. The van der Waals surface area contributed by atoms with Crippen molar-refractivity contribution in [2.45, 2.75) is 58.9 Å². The highest BCUT2D eigenvalue weighted by Crippen LogP contribution is 2.30. The van der Waals surface area contributed by atoms with E-state index in [1.54, 1.807) is 18.2 Å². The Kier molecular flexibility index (Phi) is 9.87. The van der Waals surface area contributed by atoms with E-state index in [1.165, 1.54) is 28.5 Å². The number of aromatic carboxylic acids is 1. The number of allylic oxidation sites excluding steroid dienone is 6. The lowest BCUT2D eigenvalue weighted by Gasteiger charge is -2.29. The summed E-state index contributed by atoms with van der Waals surface area (Å²) in [6, 6.07) is 8.04. The Morgan fingerprint density at radius 2 is 2.21 bits per heavy atom. The number of carboxylic acids is 1. The third-order valence-corrected chi connectivity index (χ3v) is 8.62. The van der Waals surface area contributed by atoms with Gasteiger partial charge >= 0.3 is 5.97 Å². The third-order valence-electron chi connectivity index (χ3n) is 7.61. The van der Waals surface area contributed by atoms with Gasteiger partial charge in [0.2, 0.25) is 0 Å². The van der Waals surface area contributed by atoms with Gasteiger partial charge in [-0.05, 0) is 61.6 Å². The van der Waals surface area contributed by atoms with Gasteiger partial charge in [-0.25, -0.2) is 14.2 Å². The summed E-state index contributed by atoms with van der Waals surface area (Å²) in [7, 11) is 0. The first kappa shape index (κ1) is 30.4. The topological polar surface area (TPSA) is 101 Å². The molecule has 1 aromatic carbocycles. The lowest BCUT2D eigenvalue weighted by atomic mass is 9.98. The number of aromatic nitrogens is 2. The van der Waals surface area contributed by atoms with E-state index in [4.69, 9.17) is 19.7 Å². The van der Waals surface area contributed by atoms with Crippen LogP contribution in [0.2, 0.25) is 0 Å². The Balaban J connectivity index is 1.21. The molecule has 2 aliphatic heterocycles. The first-order valence-corrected chi connectivity index (χ1v) is 15.3. The highest BCUT2D eigenvalue weighted by Gasteiger charge is 2.25. The van der Waals surface area contributed by atoms with Crippen LogP contribution in [0.4, 0.5) is 4.39 Å². The molecule has 1 atom stereocenters. The Hall–Kier alpha value is -4.04. The molecular weight excluding hydrogens is 567 g/mol. The summed E-state index contributed by atoms with van der Waals surface area (Å²) >= 11 is 1.22. The highest BCUT2D eigenvalue weighted by atomic mass is 32.1. The standard InChI is InChI=1S/C33H35FN4O4S/c1-3-5-24(7-4-6-22(2)42-21-26-9-8-23(18-35)16-28(26)34)25-10-13-37(14-11-25)20-31-36-32-29(17-30(43-32)33(39)40)38(31)19-27-12-15-41-27/h4-10,16-17,27H,3,11-15,19-21H2,1-2H3,(H,39,40)/b7-4-,22-6+,24-5-. The van der Waals surface area contributed by atoms with Crippen molar-refractivity contribution in [2.75, 3.05) is 19.7 Å². The van der Waals surface area contributed by atoms with Crippen molar-refractivity contribution >= 4 is 27.7 Å². The number of hydrogen-bond acceptors (Lipinski definition) is 7. The maximum absolute atomic E-state index is 14.1. The number of benzene rings is 1. The van der Waals surface area contributed by atoms with Crippen LogP contribution in [0.25, 0.3) is 10.3 Å². The van der Waals surface area contributed by atoms with Gasteiger partial charge in [-0.15, -0.1) is 11.3 Å². The number of ether oxygens (including phenoxy) is 2. The zero-order valence-electron chi connectivity index (χ0n) is 24.4. The van der Waals surface area contributed by atoms with Crippen LogP contribution >= 0.6 is 11.3 Å². The number of hydrogen-bond donors (Lipinski definition) is 1. The zero-order chi connectivity index (χ0) is 30.3. The van der Waals surface area contributed by atoms with Crippen LogP contribution in [0.3, 0.4) is 0 Å². The number of thiophene rings is 1. The molecule has 0 saturated carbocycles. The molecule has 0 amide bonds. The van der Waals surface area contributed by atoms with Crippen LogP contribution in [-0.2, 0) is 29.2 Å². The molecule has 1 unspecified atom stereocenters. The van der Waals surface area contributed by atoms with Crippen LogP contribution in [0.15, 0.2) is 71.6 Å². The number of fused-ring (bicyclic) bond motifs is 1. The Bertz CT molecular complexity index is 1650. The van der Waals surface area contributed by atoms with Gasteiger partial charge in [0, 0.05) is 25.3 Å². The molecular formula is C33H35FN4O4S. The minimum Gasteiger partial charge on any atom is -0.493 e. The van der Waals surface area contributed by atoms with Crippen molar-refractivity contribution in [3.05, 3.63) is 99.2 Å². The van der Waals surface area contributed by atoms with E-state index in [0.717, 1.165) is 55.1 Å². The molecule has 2 aromatic heterocycles. The molecule has 1 N–H and O–H groups in total. The van der Waals surface area contributed by atoms with E-state index in [1.807, 2.05) is 25.1 Å². The maximum Gasteiger partial charge on any atom is 0.346 e. The van der Waals surface area contributed by atoms with Crippen LogP contribution in [0, 0.1) is 17.1 Å². The fourth-order valence-corrected chi connectivity index (χ4v) is 6.02. The van der Waals surface area contributed by atoms with Gasteiger partial charge in [0.05, 0.1) is 42.1 Å². The molecule has 0 radical (unpaired) electrons. The van der Waals surface area contributed by atoms with Gasteiger partial charge in [-0.2, -0.15) is 5.26 Å². The molecule has 43 heavy (non-hydrogen) atoms. The van der Waals surface area contributed by atoms with E-state index in [-0.39, 0.29) is 18.3 Å². The SMILES string of the molecule is CC/C=C(/C=C\C=C(/C)OCc1ccc(C#N)cc1F)C1=CCN(Cc2nc3sc(C(=O)O)cc3n2CC2CCO2)CC1. The van der Waals surface area contributed by atoms with Gasteiger partial charge in [0.25, 0.3) is 0 Å². The summed E-state index contributed by atoms with van der Waals surface area (Å²) in [6.07, 6.45) is 13.3. The third kappa shape index (κ3) is 7.49. The molecule has 2 aliphatic rings. The van der Waals surface area contributed by atoms with Crippen molar-refractivity contribution < 1.29 is 23.8 Å². The van der Waals surface area contributed by atoms with Gasteiger partial charge in [-0.3, -0.25) is 4.90 Å². The van der Waals surface area contributed by atoms with Crippen molar-refractivity contribution in [3.63, 3.8) is 0 Å². The lowest BCUT2D eigenvalue weighted by Crippen LogP contribution is -2.33. The van der Waals surface area contributed by atoms with E-state index >= 15 is 0 Å². The molecule has 224 valence electrons. The van der Waals surface area contributed by atoms with Crippen molar-refractivity contribution in [1.29, 1.82) is 5.26 Å². The summed E-state index contributed by atoms with van der Waals surface area (Å²) in [4.78, 5) is 19.8. The van der Waals surface area contributed by atoms with Crippen LogP contribution in [0.5, 0.6) is 0 Å². The number of nitrogens with zero attached hydrogens (tertiary/aromatic N) is 4.